The first-order valence-corrected chi connectivity index (χ1v) is 11.2. The summed E-state index contributed by atoms with van der Waals surface area (Å²) in [6, 6.07) is 0. The van der Waals surface area contributed by atoms with Crippen LogP contribution in [0.2, 0.25) is 0 Å². The van der Waals surface area contributed by atoms with Crippen LogP contribution in [0.3, 0.4) is 0 Å². The third-order valence-corrected chi connectivity index (χ3v) is 6.12. The maximum atomic E-state index is 7.26. The molecule has 0 saturated carbocycles. The Kier molecular flexibility index (Phi) is 16.0. The van der Waals surface area contributed by atoms with Crippen molar-refractivity contribution in [3.8, 4) is 0 Å². The molecule has 0 spiro atoms. The van der Waals surface area contributed by atoms with E-state index in [4.69, 9.17) is 11.6 Å². The Labute approximate surface area is 153 Å². The van der Waals surface area contributed by atoms with Gasteiger partial charge < -0.3 is 0 Å². The fourth-order valence-corrected chi connectivity index (χ4v) is 4.24. The summed E-state index contributed by atoms with van der Waals surface area (Å²) < 4.78 is 0. The first-order valence-electron chi connectivity index (χ1n) is 10.8. The molecule has 140 valence electrons. The zero-order valence-electron chi connectivity index (χ0n) is 16.8. The van der Waals surface area contributed by atoms with Gasteiger partial charge in [0.1, 0.15) is 0 Å². The van der Waals surface area contributed by atoms with E-state index in [0.29, 0.717) is 0 Å². The first-order chi connectivity index (χ1) is 11.1. The molecule has 0 nitrogen and oxygen atoms in total. The van der Waals surface area contributed by atoms with Gasteiger partial charge in [-0.05, 0) is 31.6 Å². The van der Waals surface area contributed by atoms with Crippen molar-refractivity contribution in [1.82, 2.24) is 0 Å². The van der Waals surface area contributed by atoms with Gasteiger partial charge in [-0.3, -0.25) is 0 Å². The topological polar surface area (TPSA) is 0 Å². The maximum absolute atomic E-state index is 7.26. The normalized spacial score (nSPS) is 13.4. The number of unbranched alkanes of at least 4 members (excludes halogenated alkanes) is 8. The minimum absolute atomic E-state index is 0.0879. The van der Waals surface area contributed by atoms with E-state index in [2.05, 4.69) is 27.7 Å². The Hall–Kier alpha value is 0.290. The first kappa shape index (κ1) is 23.3. The number of halogens is 1. The van der Waals surface area contributed by atoms with Crippen molar-refractivity contribution in [3.05, 3.63) is 0 Å². The van der Waals surface area contributed by atoms with Crippen molar-refractivity contribution in [3.63, 3.8) is 0 Å². The highest BCUT2D eigenvalue weighted by Crippen LogP contribution is 2.41. The van der Waals surface area contributed by atoms with Gasteiger partial charge in [-0.15, -0.1) is 11.6 Å². The fraction of sp³-hybridized carbons (Fsp3) is 1.00. The summed E-state index contributed by atoms with van der Waals surface area (Å²) in [7, 11) is 0. The Morgan fingerprint density at radius 2 is 1.00 bits per heavy atom. The zero-order valence-corrected chi connectivity index (χ0v) is 17.5. The standard InChI is InChI=1S/C22H45Cl/c1-5-9-13-14-15-16-18-21(17-10-6-2)22(23,19-11-7-3)20-12-8-4/h21H,5-20H2,1-4H3. The van der Waals surface area contributed by atoms with Crippen LogP contribution in [0.15, 0.2) is 0 Å². The minimum Gasteiger partial charge on any atom is -0.119 e. The Morgan fingerprint density at radius 1 is 0.565 bits per heavy atom. The molecule has 0 amide bonds. The quantitative estimate of drug-likeness (QED) is 0.182. The summed E-state index contributed by atoms with van der Waals surface area (Å²) in [6.45, 7) is 9.21. The fourth-order valence-electron chi connectivity index (χ4n) is 3.76. The summed E-state index contributed by atoms with van der Waals surface area (Å²) in [5.74, 6) is 0.744. The molecule has 0 heterocycles. The summed E-state index contributed by atoms with van der Waals surface area (Å²) in [6.07, 6.45) is 21.4. The van der Waals surface area contributed by atoms with Gasteiger partial charge in [0.15, 0.2) is 0 Å². The van der Waals surface area contributed by atoms with Crippen molar-refractivity contribution in [1.29, 1.82) is 0 Å². The van der Waals surface area contributed by atoms with Gasteiger partial charge in [0, 0.05) is 4.87 Å². The molecule has 0 rings (SSSR count). The van der Waals surface area contributed by atoms with E-state index in [-0.39, 0.29) is 4.87 Å². The third kappa shape index (κ3) is 11.5. The second kappa shape index (κ2) is 15.8. The van der Waals surface area contributed by atoms with Gasteiger partial charge in [-0.1, -0.05) is 105 Å². The lowest BCUT2D eigenvalue weighted by Gasteiger charge is -2.36. The van der Waals surface area contributed by atoms with Crippen molar-refractivity contribution in [2.75, 3.05) is 0 Å². The molecular weight excluding hydrogens is 300 g/mol. The van der Waals surface area contributed by atoms with Crippen molar-refractivity contribution < 1.29 is 0 Å². The molecule has 0 aromatic carbocycles. The number of hydrogen-bond donors (Lipinski definition) is 0. The summed E-state index contributed by atoms with van der Waals surface area (Å²) >= 11 is 7.26. The monoisotopic (exact) mass is 344 g/mol. The molecule has 0 saturated heterocycles. The predicted octanol–water partition coefficient (Wildman–Crippen LogP) is 8.90. The molecule has 0 aromatic heterocycles. The molecule has 0 aliphatic heterocycles. The molecule has 0 radical (unpaired) electrons. The van der Waals surface area contributed by atoms with Gasteiger partial charge in [-0.25, -0.2) is 0 Å². The molecule has 0 N–H and O–H groups in total. The highest BCUT2D eigenvalue weighted by Gasteiger charge is 2.34. The molecule has 0 aliphatic rings. The third-order valence-electron chi connectivity index (χ3n) is 5.44. The van der Waals surface area contributed by atoms with Crippen LogP contribution in [-0.4, -0.2) is 4.87 Å². The minimum atomic E-state index is 0.0879. The van der Waals surface area contributed by atoms with E-state index in [9.17, 15) is 0 Å². The van der Waals surface area contributed by atoms with Gasteiger partial charge >= 0.3 is 0 Å². The van der Waals surface area contributed by atoms with Crippen LogP contribution in [0.25, 0.3) is 0 Å². The van der Waals surface area contributed by atoms with E-state index < -0.39 is 0 Å². The van der Waals surface area contributed by atoms with Crippen molar-refractivity contribution >= 4 is 11.6 Å². The number of rotatable bonds is 17. The summed E-state index contributed by atoms with van der Waals surface area (Å²) in [4.78, 5) is 0.0879. The lowest BCUT2D eigenvalue weighted by atomic mass is 9.77. The lowest BCUT2D eigenvalue weighted by Crippen LogP contribution is -2.32. The maximum Gasteiger partial charge on any atom is 0.0475 e. The molecule has 0 aromatic rings. The highest BCUT2D eigenvalue weighted by molar-refractivity contribution is 6.24. The molecule has 0 aliphatic carbocycles. The van der Waals surface area contributed by atoms with Gasteiger partial charge in [0.2, 0.25) is 0 Å². The van der Waals surface area contributed by atoms with Gasteiger partial charge in [0.25, 0.3) is 0 Å². The number of hydrogen-bond acceptors (Lipinski definition) is 0. The largest absolute Gasteiger partial charge is 0.119 e. The van der Waals surface area contributed by atoms with E-state index in [1.165, 1.54) is 103 Å². The second-order valence-corrected chi connectivity index (χ2v) is 8.39. The molecular formula is C22H45Cl. The second-order valence-electron chi connectivity index (χ2n) is 7.64. The Balaban J connectivity index is 4.50. The van der Waals surface area contributed by atoms with Crippen LogP contribution in [0, 0.1) is 5.92 Å². The van der Waals surface area contributed by atoms with E-state index >= 15 is 0 Å². The molecule has 23 heavy (non-hydrogen) atoms. The lowest BCUT2D eigenvalue weighted by molar-refractivity contribution is 0.268. The molecule has 1 heteroatoms. The van der Waals surface area contributed by atoms with Crippen LogP contribution in [0.4, 0.5) is 0 Å². The van der Waals surface area contributed by atoms with Crippen LogP contribution >= 0.6 is 11.6 Å². The molecule has 1 atom stereocenters. The van der Waals surface area contributed by atoms with Crippen molar-refractivity contribution in [2.45, 2.75) is 135 Å². The van der Waals surface area contributed by atoms with Crippen LogP contribution in [-0.2, 0) is 0 Å². The number of alkyl halides is 1. The van der Waals surface area contributed by atoms with Gasteiger partial charge in [0.05, 0.1) is 0 Å². The highest BCUT2D eigenvalue weighted by atomic mass is 35.5. The average molecular weight is 345 g/mol. The summed E-state index contributed by atoms with van der Waals surface area (Å²) in [5, 5.41) is 0. The summed E-state index contributed by atoms with van der Waals surface area (Å²) in [5.41, 5.74) is 0. The van der Waals surface area contributed by atoms with Crippen LogP contribution in [0.1, 0.15) is 130 Å². The molecule has 1 unspecified atom stereocenters. The molecule has 0 fully saturated rings. The van der Waals surface area contributed by atoms with Gasteiger partial charge in [-0.2, -0.15) is 0 Å². The van der Waals surface area contributed by atoms with Crippen LogP contribution < -0.4 is 0 Å². The SMILES string of the molecule is CCCCCCCCC(CCCC)C(Cl)(CCCC)CCCC. The smallest absolute Gasteiger partial charge is 0.0475 e. The van der Waals surface area contributed by atoms with E-state index in [0.717, 1.165) is 5.92 Å². The zero-order chi connectivity index (χ0) is 17.4. The van der Waals surface area contributed by atoms with Crippen molar-refractivity contribution in [2.24, 2.45) is 5.92 Å². The average Bonchev–Trinajstić information content (AvgIpc) is 2.56. The Bertz CT molecular complexity index is 228. The predicted molar refractivity (Wildman–Crippen MR) is 109 cm³/mol. The van der Waals surface area contributed by atoms with E-state index in [1.807, 2.05) is 0 Å². The van der Waals surface area contributed by atoms with E-state index in [1.54, 1.807) is 0 Å². The molecule has 0 bridgehead atoms. The van der Waals surface area contributed by atoms with Crippen LogP contribution in [0.5, 0.6) is 0 Å². The Morgan fingerprint density at radius 3 is 1.52 bits per heavy atom.